The molecule has 0 amide bonds. The molecular formula is C16H13N3O7. The average molecular weight is 359 g/mol. The molecule has 0 bridgehead atoms. The third-order valence-electron chi connectivity index (χ3n) is 3.70. The smallest absolute Gasteiger partial charge is 0.315 e. The summed E-state index contributed by atoms with van der Waals surface area (Å²) in [5.41, 5.74) is -0.121. The van der Waals surface area contributed by atoms with Crippen LogP contribution in [-0.4, -0.2) is 35.5 Å². The molecular weight excluding hydrogens is 346 g/mol. The van der Waals surface area contributed by atoms with Crippen molar-refractivity contribution in [2.24, 2.45) is 0 Å². The van der Waals surface area contributed by atoms with E-state index in [1.54, 1.807) is 12.1 Å². The van der Waals surface area contributed by atoms with Crippen molar-refractivity contribution in [3.8, 4) is 34.5 Å². The van der Waals surface area contributed by atoms with Gasteiger partial charge in [0.2, 0.25) is 5.75 Å². The molecule has 0 spiro atoms. The Kier molecular flexibility index (Phi) is 4.31. The topological polar surface area (TPSA) is 163 Å². The molecule has 1 aromatic heterocycles. The lowest BCUT2D eigenvalue weighted by molar-refractivity contribution is -0.385. The standard InChI is InChI=1S/C16H13N3O7/c20-11-3-1-2-8(14(11)22)4-5-13-17-16(26-18-13)9-6-10(19(24)25)15(23)12(21)7-9/h1-3,6-7,20-23H,4-5H2. The molecule has 0 aliphatic heterocycles. The van der Waals surface area contributed by atoms with Gasteiger partial charge in [-0.1, -0.05) is 17.3 Å². The highest BCUT2D eigenvalue weighted by molar-refractivity contribution is 5.67. The van der Waals surface area contributed by atoms with Crippen LogP contribution in [0.25, 0.3) is 11.5 Å². The first-order valence-electron chi connectivity index (χ1n) is 7.40. The lowest BCUT2D eigenvalue weighted by atomic mass is 10.1. The van der Waals surface area contributed by atoms with E-state index >= 15 is 0 Å². The van der Waals surface area contributed by atoms with E-state index < -0.39 is 22.1 Å². The van der Waals surface area contributed by atoms with Gasteiger partial charge in [0, 0.05) is 12.5 Å². The van der Waals surface area contributed by atoms with E-state index in [1.807, 2.05) is 0 Å². The molecule has 3 rings (SSSR count). The van der Waals surface area contributed by atoms with E-state index in [-0.39, 0.29) is 35.2 Å². The van der Waals surface area contributed by atoms with E-state index in [0.29, 0.717) is 12.0 Å². The summed E-state index contributed by atoms with van der Waals surface area (Å²) in [4.78, 5) is 14.1. The van der Waals surface area contributed by atoms with Crippen molar-refractivity contribution in [3.05, 3.63) is 51.8 Å². The summed E-state index contributed by atoms with van der Waals surface area (Å²) < 4.78 is 5.03. The second kappa shape index (κ2) is 6.59. The molecule has 0 radical (unpaired) electrons. The Morgan fingerprint density at radius 1 is 1.04 bits per heavy atom. The molecule has 3 aromatic rings. The number of para-hydroxylation sites is 1. The van der Waals surface area contributed by atoms with Gasteiger partial charge in [0.1, 0.15) is 0 Å². The molecule has 134 valence electrons. The number of phenols is 4. The summed E-state index contributed by atoms with van der Waals surface area (Å²) in [5.74, 6) is -1.80. The fraction of sp³-hybridized carbons (Fsp3) is 0.125. The fourth-order valence-corrected chi connectivity index (χ4v) is 2.37. The van der Waals surface area contributed by atoms with Gasteiger partial charge in [-0.15, -0.1) is 0 Å². The summed E-state index contributed by atoms with van der Waals surface area (Å²) in [6.07, 6.45) is 0.590. The molecule has 26 heavy (non-hydrogen) atoms. The lowest BCUT2D eigenvalue weighted by Gasteiger charge is -2.03. The minimum Gasteiger partial charge on any atom is -0.504 e. The zero-order valence-electron chi connectivity index (χ0n) is 13.2. The maximum Gasteiger partial charge on any atom is 0.315 e. The van der Waals surface area contributed by atoms with Gasteiger partial charge in [0.15, 0.2) is 23.1 Å². The van der Waals surface area contributed by atoms with Crippen LogP contribution < -0.4 is 0 Å². The molecule has 0 saturated heterocycles. The zero-order valence-corrected chi connectivity index (χ0v) is 13.2. The number of nitro groups is 1. The number of nitro benzene ring substituents is 1. The SMILES string of the molecule is O=[N+]([O-])c1cc(-c2nc(CCc3cccc(O)c3O)no2)cc(O)c1O. The quantitative estimate of drug-likeness (QED) is 0.304. The minimum atomic E-state index is -0.849. The van der Waals surface area contributed by atoms with E-state index in [1.165, 1.54) is 6.07 Å². The number of rotatable bonds is 5. The predicted molar refractivity (Wildman–Crippen MR) is 86.9 cm³/mol. The van der Waals surface area contributed by atoms with Gasteiger partial charge < -0.3 is 24.9 Å². The Hall–Kier alpha value is -3.82. The van der Waals surface area contributed by atoms with Gasteiger partial charge in [-0.25, -0.2) is 0 Å². The number of aromatic hydroxyl groups is 4. The summed E-state index contributed by atoms with van der Waals surface area (Å²) >= 11 is 0. The van der Waals surface area contributed by atoms with Gasteiger partial charge >= 0.3 is 5.69 Å². The van der Waals surface area contributed by atoms with Crippen LogP contribution in [0.2, 0.25) is 0 Å². The predicted octanol–water partition coefficient (Wildman–Crippen LogP) is 2.25. The van der Waals surface area contributed by atoms with E-state index in [2.05, 4.69) is 10.1 Å². The van der Waals surface area contributed by atoms with Crippen LogP contribution in [0.5, 0.6) is 23.0 Å². The van der Waals surface area contributed by atoms with Gasteiger partial charge in [-0.3, -0.25) is 10.1 Å². The molecule has 1 heterocycles. The van der Waals surface area contributed by atoms with Crippen molar-refractivity contribution in [1.82, 2.24) is 10.1 Å². The van der Waals surface area contributed by atoms with Gasteiger partial charge in [0.25, 0.3) is 5.89 Å². The monoisotopic (exact) mass is 359 g/mol. The van der Waals surface area contributed by atoms with Crippen LogP contribution in [0.15, 0.2) is 34.9 Å². The Morgan fingerprint density at radius 3 is 2.54 bits per heavy atom. The molecule has 0 atom stereocenters. The van der Waals surface area contributed by atoms with Gasteiger partial charge in [0.05, 0.1) is 10.5 Å². The highest BCUT2D eigenvalue weighted by Gasteiger charge is 2.22. The van der Waals surface area contributed by atoms with Crippen molar-refractivity contribution >= 4 is 5.69 Å². The Balaban J connectivity index is 1.82. The number of nitrogens with zero attached hydrogens (tertiary/aromatic N) is 3. The molecule has 10 heteroatoms. The van der Waals surface area contributed by atoms with Crippen molar-refractivity contribution < 1.29 is 29.9 Å². The van der Waals surface area contributed by atoms with Crippen LogP contribution in [0.4, 0.5) is 5.69 Å². The first kappa shape index (κ1) is 17.0. The van der Waals surface area contributed by atoms with E-state index in [9.17, 15) is 30.5 Å². The number of hydrogen-bond donors (Lipinski definition) is 4. The van der Waals surface area contributed by atoms with Crippen molar-refractivity contribution in [3.63, 3.8) is 0 Å². The Bertz CT molecular complexity index is 984. The average Bonchev–Trinajstić information content (AvgIpc) is 3.07. The highest BCUT2D eigenvalue weighted by Crippen LogP contribution is 2.39. The van der Waals surface area contributed by atoms with E-state index in [4.69, 9.17) is 4.52 Å². The highest BCUT2D eigenvalue weighted by atomic mass is 16.6. The molecule has 0 unspecified atom stereocenters. The lowest BCUT2D eigenvalue weighted by Crippen LogP contribution is -1.94. The number of phenolic OH excluding ortho intramolecular Hbond substituents is 4. The summed E-state index contributed by atoms with van der Waals surface area (Å²) in [6.45, 7) is 0. The summed E-state index contributed by atoms with van der Waals surface area (Å²) in [5, 5.41) is 53.0. The molecule has 0 fully saturated rings. The Labute approximate surface area is 145 Å². The summed E-state index contributed by atoms with van der Waals surface area (Å²) in [6, 6.07) is 6.66. The number of aryl methyl sites for hydroxylation is 2. The van der Waals surface area contributed by atoms with Crippen LogP contribution in [0.3, 0.4) is 0 Å². The van der Waals surface area contributed by atoms with E-state index in [0.717, 1.165) is 12.1 Å². The largest absolute Gasteiger partial charge is 0.504 e. The second-order valence-corrected chi connectivity index (χ2v) is 5.42. The van der Waals surface area contributed by atoms with Crippen molar-refractivity contribution in [1.29, 1.82) is 0 Å². The van der Waals surface area contributed by atoms with Crippen molar-refractivity contribution in [2.45, 2.75) is 12.8 Å². The molecule has 10 nitrogen and oxygen atoms in total. The van der Waals surface area contributed by atoms with Crippen LogP contribution >= 0.6 is 0 Å². The van der Waals surface area contributed by atoms with Crippen LogP contribution in [0, 0.1) is 10.1 Å². The molecule has 0 aliphatic carbocycles. The van der Waals surface area contributed by atoms with Crippen molar-refractivity contribution in [2.75, 3.05) is 0 Å². The first-order chi connectivity index (χ1) is 12.4. The Morgan fingerprint density at radius 2 is 1.81 bits per heavy atom. The number of benzene rings is 2. The van der Waals surface area contributed by atoms with Gasteiger partial charge in [-0.2, -0.15) is 4.98 Å². The molecule has 0 saturated carbocycles. The zero-order chi connectivity index (χ0) is 18.8. The summed E-state index contributed by atoms with van der Waals surface area (Å²) in [7, 11) is 0. The third-order valence-corrected chi connectivity index (χ3v) is 3.70. The fourth-order valence-electron chi connectivity index (χ4n) is 2.37. The molecule has 2 aromatic carbocycles. The molecule has 4 N–H and O–H groups in total. The van der Waals surface area contributed by atoms with Crippen LogP contribution in [0.1, 0.15) is 11.4 Å². The maximum atomic E-state index is 10.9. The normalized spacial score (nSPS) is 10.8. The molecule has 0 aliphatic rings. The maximum absolute atomic E-state index is 10.9. The first-order valence-corrected chi connectivity index (χ1v) is 7.40. The van der Waals surface area contributed by atoms with Crippen LogP contribution in [-0.2, 0) is 12.8 Å². The third kappa shape index (κ3) is 3.20. The number of aromatic nitrogens is 2. The minimum absolute atomic E-state index is 0.0708. The second-order valence-electron chi connectivity index (χ2n) is 5.42. The number of hydrogen-bond acceptors (Lipinski definition) is 9. The van der Waals surface area contributed by atoms with Gasteiger partial charge in [-0.05, 0) is 24.1 Å².